The Labute approximate surface area is 109 Å². The van der Waals surface area contributed by atoms with Crippen molar-refractivity contribution in [3.05, 3.63) is 0 Å². The van der Waals surface area contributed by atoms with Crippen LogP contribution in [-0.4, -0.2) is 55.3 Å². The summed E-state index contributed by atoms with van der Waals surface area (Å²) in [6.07, 6.45) is 2.28. The van der Waals surface area contributed by atoms with Crippen LogP contribution in [0.15, 0.2) is 0 Å². The average Bonchev–Trinajstić information content (AvgIpc) is 2.23. The highest BCUT2D eigenvalue weighted by atomic mass is 32.2. The summed E-state index contributed by atoms with van der Waals surface area (Å²) in [4.78, 5) is 0. The van der Waals surface area contributed by atoms with Crippen LogP contribution in [0, 0.1) is 0 Å². The molecule has 0 spiro atoms. The second-order valence-electron chi connectivity index (χ2n) is 3.58. The largest absolute Gasteiger partial charge is 0.377 e. The van der Waals surface area contributed by atoms with Crippen molar-refractivity contribution in [2.75, 3.05) is 38.4 Å². The number of hydrogen-bond acceptors (Lipinski definition) is 7. The van der Waals surface area contributed by atoms with Crippen LogP contribution in [0.2, 0.25) is 0 Å². The Bertz CT molecular complexity index is 399. The first-order valence-corrected chi connectivity index (χ1v) is 8.95. The van der Waals surface area contributed by atoms with Gasteiger partial charge in [0.15, 0.2) is 0 Å². The molecule has 110 valence electrons. The zero-order valence-corrected chi connectivity index (χ0v) is 12.3. The molecule has 0 rings (SSSR count). The van der Waals surface area contributed by atoms with E-state index < -0.39 is 20.2 Å². The van der Waals surface area contributed by atoms with Gasteiger partial charge in [0.1, 0.15) is 0 Å². The quantitative estimate of drug-likeness (QED) is 0.395. The molecule has 0 unspecified atom stereocenters. The molecule has 0 aliphatic heterocycles. The lowest BCUT2D eigenvalue weighted by atomic mass is 10.4. The molecule has 0 aliphatic carbocycles. The molecule has 0 aromatic carbocycles. The molecular formula is C9H20O7S2. The zero-order valence-electron chi connectivity index (χ0n) is 10.6. The van der Waals surface area contributed by atoms with E-state index in [-0.39, 0.29) is 32.2 Å². The molecule has 9 heteroatoms. The standard InChI is InChI=1S/C9H20O7S2/c1-3-4-9-18(12,13)16-8-6-14-5-7-15-17(2,10)11/h3-9H2,1-2H3. The van der Waals surface area contributed by atoms with Crippen molar-refractivity contribution in [1.82, 2.24) is 0 Å². The van der Waals surface area contributed by atoms with E-state index in [0.717, 1.165) is 12.7 Å². The van der Waals surface area contributed by atoms with Gasteiger partial charge in [-0.05, 0) is 6.42 Å². The van der Waals surface area contributed by atoms with Gasteiger partial charge in [0.05, 0.1) is 38.4 Å². The van der Waals surface area contributed by atoms with Gasteiger partial charge in [-0.25, -0.2) is 0 Å². The van der Waals surface area contributed by atoms with Crippen LogP contribution in [0.4, 0.5) is 0 Å². The lowest BCUT2D eigenvalue weighted by Crippen LogP contribution is -2.16. The summed E-state index contributed by atoms with van der Waals surface area (Å²) >= 11 is 0. The van der Waals surface area contributed by atoms with Crippen molar-refractivity contribution >= 4 is 20.2 Å². The van der Waals surface area contributed by atoms with Crippen molar-refractivity contribution in [3.8, 4) is 0 Å². The smallest absolute Gasteiger partial charge is 0.267 e. The van der Waals surface area contributed by atoms with Gasteiger partial charge in [0.2, 0.25) is 0 Å². The molecule has 0 saturated heterocycles. The molecule has 0 atom stereocenters. The first-order valence-electron chi connectivity index (χ1n) is 5.56. The average molecular weight is 304 g/mol. The molecule has 0 aromatic heterocycles. The molecule has 0 amide bonds. The molecule has 0 heterocycles. The minimum atomic E-state index is -3.47. The molecular weight excluding hydrogens is 284 g/mol. The lowest BCUT2D eigenvalue weighted by Gasteiger charge is -2.06. The fourth-order valence-electron chi connectivity index (χ4n) is 0.946. The Balaban J connectivity index is 3.51. The minimum Gasteiger partial charge on any atom is -0.377 e. The van der Waals surface area contributed by atoms with Crippen LogP contribution in [0.3, 0.4) is 0 Å². The van der Waals surface area contributed by atoms with E-state index in [1.54, 1.807) is 0 Å². The number of unbranched alkanes of at least 4 members (excludes halogenated alkanes) is 1. The maximum absolute atomic E-state index is 11.2. The Morgan fingerprint density at radius 2 is 1.44 bits per heavy atom. The molecule has 18 heavy (non-hydrogen) atoms. The van der Waals surface area contributed by atoms with Crippen molar-refractivity contribution < 1.29 is 29.9 Å². The van der Waals surface area contributed by atoms with Gasteiger partial charge in [-0.1, -0.05) is 13.3 Å². The highest BCUT2D eigenvalue weighted by Crippen LogP contribution is 1.98. The van der Waals surface area contributed by atoms with E-state index in [4.69, 9.17) is 4.74 Å². The second-order valence-corrected chi connectivity index (χ2v) is 6.98. The molecule has 0 radical (unpaired) electrons. The van der Waals surface area contributed by atoms with Gasteiger partial charge >= 0.3 is 0 Å². The summed E-state index contributed by atoms with van der Waals surface area (Å²) in [6.45, 7) is 1.84. The third-order valence-electron chi connectivity index (χ3n) is 1.76. The summed E-state index contributed by atoms with van der Waals surface area (Å²) in [5.41, 5.74) is 0. The molecule has 0 aliphatic rings. The molecule has 0 aromatic rings. The van der Waals surface area contributed by atoms with E-state index in [9.17, 15) is 16.8 Å². The van der Waals surface area contributed by atoms with Crippen LogP contribution in [0.25, 0.3) is 0 Å². The van der Waals surface area contributed by atoms with Crippen LogP contribution in [-0.2, 0) is 33.3 Å². The van der Waals surface area contributed by atoms with Gasteiger partial charge in [0, 0.05) is 0 Å². The zero-order chi connectivity index (χ0) is 14.1. The summed E-state index contributed by atoms with van der Waals surface area (Å²) in [7, 11) is -6.92. The number of rotatable bonds is 11. The van der Waals surface area contributed by atoms with E-state index in [1.807, 2.05) is 6.92 Å². The highest BCUT2D eigenvalue weighted by molar-refractivity contribution is 7.86. The number of hydrogen-bond donors (Lipinski definition) is 0. The van der Waals surface area contributed by atoms with Gasteiger partial charge in [-0.3, -0.25) is 8.37 Å². The van der Waals surface area contributed by atoms with Gasteiger partial charge in [-0.2, -0.15) is 16.8 Å². The molecule has 7 nitrogen and oxygen atoms in total. The summed E-state index contributed by atoms with van der Waals surface area (Å²) in [5, 5.41) is 0. The van der Waals surface area contributed by atoms with Crippen LogP contribution in [0.1, 0.15) is 19.8 Å². The number of ether oxygens (including phenoxy) is 1. The lowest BCUT2D eigenvalue weighted by molar-refractivity contribution is 0.0796. The topological polar surface area (TPSA) is 96.0 Å². The monoisotopic (exact) mass is 304 g/mol. The van der Waals surface area contributed by atoms with Crippen molar-refractivity contribution in [1.29, 1.82) is 0 Å². The highest BCUT2D eigenvalue weighted by Gasteiger charge is 2.09. The molecule has 0 bridgehead atoms. The predicted molar refractivity (Wildman–Crippen MR) is 66.3 cm³/mol. The molecule has 0 N–H and O–H groups in total. The van der Waals surface area contributed by atoms with Gasteiger partial charge in [-0.15, -0.1) is 0 Å². The van der Waals surface area contributed by atoms with E-state index in [2.05, 4.69) is 8.37 Å². The maximum Gasteiger partial charge on any atom is 0.267 e. The molecule has 0 saturated carbocycles. The Kier molecular flexibility index (Phi) is 8.70. The fourth-order valence-corrected chi connectivity index (χ4v) is 2.40. The first-order chi connectivity index (χ1) is 8.27. The van der Waals surface area contributed by atoms with E-state index in [0.29, 0.717) is 6.42 Å². The fraction of sp³-hybridized carbons (Fsp3) is 1.00. The Hall–Kier alpha value is -0.220. The third-order valence-corrected chi connectivity index (χ3v) is 3.67. The minimum absolute atomic E-state index is 0.000684. The first kappa shape index (κ1) is 17.8. The van der Waals surface area contributed by atoms with Crippen LogP contribution < -0.4 is 0 Å². The predicted octanol–water partition coefficient (Wildman–Crippen LogP) is 0.126. The van der Waals surface area contributed by atoms with Gasteiger partial charge < -0.3 is 4.74 Å². The van der Waals surface area contributed by atoms with E-state index in [1.165, 1.54) is 0 Å². The Morgan fingerprint density at radius 3 is 1.94 bits per heavy atom. The SMILES string of the molecule is CCCCS(=O)(=O)OCCOCCOS(C)(=O)=O. The maximum atomic E-state index is 11.2. The summed E-state index contributed by atoms with van der Waals surface area (Å²) < 4.78 is 57.6. The molecule has 0 fully saturated rings. The van der Waals surface area contributed by atoms with Gasteiger partial charge in [0.25, 0.3) is 20.2 Å². The van der Waals surface area contributed by atoms with Crippen molar-refractivity contribution in [2.45, 2.75) is 19.8 Å². The van der Waals surface area contributed by atoms with Crippen molar-refractivity contribution in [3.63, 3.8) is 0 Å². The van der Waals surface area contributed by atoms with Crippen LogP contribution >= 0.6 is 0 Å². The van der Waals surface area contributed by atoms with Crippen molar-refractivity contribution in [2.24, 2.45) is 0 Å². The Morgan fingerprint density at radius 1 is 0.889 bits per heavy atom. The summed E-state index contributed by atoms with van der Waals surface area (Å²) in [5.74, 6) is 0.000684. The second kappa shape index (κ2) is 8.81. The summed E-state index contributed by atoms with van der Waals surface area (Å²) in [6, 6.07) is 0. The van der Waals surface area contributed by atoms with E-state index >= 15 is 0 Å². The third kappa shape index (κ3) is 12.2. The van der Waals surface area contributed by atoms with Crippen LogP contribution in [0.5, 0.6) is 0 Å². The normalized spacial score (nSPS) is 12.8.